The number of carbonyl (C=O) groups excluding carboxylic acids is 1. The number of benzene rings is 1. The lowest BCUT2D eigenvalue weighted by Gasteiger charge is -2.03. The van der Waals surface area contributed by atoms with Crippen LogP contribution in [0.25, 0.3) is 6.08 Å². The van der Waals surface area contributed by atoms with Crippen LogP contribution in [0.1, 0.15) is 18.9 Å². The van der Waals surface area contributed by atoms with Gasteiger partial charge in [-0.15, -0.1) is 0 Å². The summed E-state index contributed by atoms with van der Waals surface area (Å²) in [4.78, 5) is 10.5. The van der Waals surface area contributed by atoms with E-state index in [0.717, 1.165) is 24.3 Å². The molecule has 0 fully saturated rings. The Bertz CT molecular complexity index is 341. The molecule has 80 valence electrons. The first kappa shape index (κ1) is 11.3. The maximum atomic E-state index is 10.5. The minimum atomic E-state index is -0.443. The molecule has 0 heterocycles. The van der Waals surface area contributed by atoms with Gasteiger partial charge in [-0.2, -0.15) is 0 Å². The smallest absolute Gasteiger partial charge is 0.241 e. The molecule has 1 aromatic carbocycles. The van der Waals surface area contributed by atoms with Crippen molar-refractivity contribution in [1.29, 1.82) is 0 Å². The third-order valence-corrected chi connectivity index (χ3v) is 1.79. The van der Waals surface area contributed by atoms with Gasteiger partial charge in [0.1, 0.15) is 5.75 Å². The van der Waals surface area contributed by atoms with Gasteiger partial charge in [-0.3, -0.25) is 4.79 Å². The number of hydrogen-bond acceptors (Lipinski definition) is 2. The number of carbonyl (C=O) groups is 1. The molecule has 0 aliphatic rings. The van der Waals surface area contributed by atoms with Crippen LogP contribution >= 0.6 is 0 Å². The second kappa shape index (κ2) is 5.86. The van der Waals surface area contributed by atoms with E-state index in [2.05, 4.69) is 6.92 Å². The van der Waals surface area contributed by atoms with Gasteiger partial charge in [0.15, 0.2) is 0 Å². The summed E-state index contributed by atoms with van der Waals surface area (Å²) < 4.78 is 5.42. The van der Waals surface area contributed by atoms with Crippen LogP contribution in [0.5, 0.6) is 5.75 Å². The summed E-state index contributed by atoms with van der Waals surface area (Å²) >= 11 is 0. The van der Waals surface area contributed by atoms with E-state index >= 15 is 0 Å². The first-order valence-corrected chi connectivity index (χ1v) is 4.92. The van der Waals surface area contributed by atoms with Crippen LogP contribution in [0.3, 0.4) is 0 Å². The van der Waals surface area contributed by atoms with E-state index in [0.29, 0.717) is 0 Å². The van der Waals surface area contributed by atoms with Crippen LogP contribution < -0.4 is 10.5 Å². The molecule has 0 aliphatic heterocycles. The first-order valence-electron chi connectivity index (χ1n) is 4.92. The highest BCUT2D eigenvalue weighted by Gasteiger charge is 1.92. The molecule has 0 aliphatic carbocycles. The molecule has 0 unspecified atom stereocenters. The van der Waals surface area contributed by atoms with E-state index in [9.17, 15) is 4.79 Å². The molecular formula is C12H15NO2. The van der Waals surface area contributed by atoms with Crippen LogP contribution in [0, 0.1) is 0 Å². The van der Waals surface area contributed by atoms with Crippen molar-refractivity contribution in [3.63, 3.8) is 0 Å². The second-order valence-corrected chi connectivity index (χ2v) is 3.15. The summed E-state index contributed by atoms with van der Waals surface area (Å²) in [6, 6.07) is 7.50. The Morgan fingerprint density at radius 2 is 2.07 bits per heavy atom. The third-order valence-electron chi connectivity index (χ3n) is 1.79. The van der Waals surface area contributed by atoms with Crippen molar-refractivity contribution in [2.24, 2.45) is 5.73 Å². The van der Waals surface area contributed by atoms with Gasteiger partial charge < -0.3 is 10.5 Å². The monoisotopic (exact) mass is 205 g/mol. The summed E-state index contributed by atoms with van der Waals surface area (Å²) in [7, 11) is 0. The van der Waals surface area contributed by atoms with Gasteiger partial charge in [0.2, 0.25) is 5.91 Å². The Morgan fingerprint density at radius 1 is 1.40 bits per heavy atom. The van der Waals surface area contributed by atoms with Gasteiger partial charge in [0.25, 0.3) is 0 Å². The fraction of sp³-hybridized carbons (Fsp3) is 0.250. The fourth-order valence-corrected chi connectivity index (χ4v) is 1.07. The average Bonchev–Trinajstić information content (AvgIpc) is 2.25. The van der Waals surface area contributed by atoms with Crippen molar-refractivity contribution in [2.45, 2.75) is 13.3 Å². The zero-order chi connectivity index (χ0) is 11.1. The number of ether oxygens (including phenoxy) is 1. The maximum absolute atomic E-state index is 10.5. The quantitative estimate of drug-likeness (QED) is 0.747. The van der Waals surface area contributed by atoms with Crippen LogP contribution in [0.2, 0.25) is 0 Å². The summed E-state index contributed by atoms with van der Waals surface area (Å²) in [6.45, 7) is 2.78. The van der Waals surface area contributed by atoms with E-state index in [-0.39, 0.29) is 0 Å². The molecule has 2 N–H and O–H groups in total. The van der Waals surface area contributed by atoms with Crippen molar-refractivity contribution in [2.75, 3.05) is 6.61 Å². The van der Waals surface area contributed by atoms with Crippen molar-refractivity contribution in [1.82, 2.24) is 0 Å². The van der Waals surface area contributed by atoms with Crippen LogP contribution in [-0.2, 0) is 4.79 Å². The highest BCUT2D eigenvalue weighted by molar-refractivity contribution is 5.90. The summed E-state index contributed by atoms with van der Waals surface area (Å²) in [5.41, 5.74) is 5.91. The lowest BCUT2D eigenvalue weighted by atomic mass is 10.2. The Hall–Kier alpha value is -1.77. The largest absolute Gasteiger partial charge is 0.494 e. The topological polar surface area (TPSA) is 52.3 Å². The Morgan fingerprint density at radius 3 is 2.60 bits per heavy atom. The number of hydrogen-bond donors (Lipinski definition) is 1. The minimum absolute atomic E-state index is 0.443. The molecule has 3 nitrogen and oxygen atoms in total. The van der Waals surface area contributed by atoms with Gasteiger partial charge in [-0.25, -0.2) is 0 Å². The first-order chi connectivity index (χ1) is 7.22. The Balaban J connectivity index is 2.60. The molecule has 0 atom stereocenters. The van der Waals surface area contributed by atoms with Gasteiger partial charge in [-0.1, -0.05) is 19.1 Å². The molecule has 0 bridgehead atoms. The van der Waals surface area contributed by atoms with E-state index in [4.69, 9.17) is 10.5 Å². The predicted octanol–water partition coefficient (Wildman–Crippen LogP) is 1.97. The van der Waals surface area contributed by atoms with Gasteiger partial charge >= 0.3 is 0 Å². The van der Waals surface area contributed by atoms with Gasteiger partial charge in [0.05, 0.1) is 6.61 Å². The zero-order valence-corrected chi connectivity index (χ0v) is 8.77. The highest BCUT2D eigenvalue weighted by atomic mass is 16.5. The number of primary amides is 1. The molecule has 0 aromatic heterocycles. The van der Waals surface area contributed by atoms with Crippen molar-refractivity contribution in [3.05, 3.63) is 35.9 Å². The Labute approximate surface area is 89.5 Å². The standard InChI is InChI=1S/C12H15NO2/c1-2-9-15-11-6-3-10(4-7-11)5-8-12(13)14/h3-8H,2,9H2,1H3,(H2,13,14). The molecule has 0 spiro atoms. The van der Waals surface area contributed by atoms with Crippen molar-refractivity contribution in [3.8, 4) is 5.75 Å². The second-order valence-electron chi connectivity index (χ2n) is 3.15. The Kier molecular flexibility index (Phi) is 4.41. The van der Waals surface area contributed by atoms with Gasteiger partial charge in [0, 0.05) is 6.08 Å². The molecule has 3 heteroatoms. The fourth-order valence-electron chi connectivity index (χ4n) is 1.07. The van der Waals surface area contributed by atoms with Crippen LogP contribution in [0.15, 0.2) is 30.3 Å². The molecule has 0 saturated carbocycles. The predicted molar refractivity (Wildman–Crippen MR) is 60.5 cm³/mol. The minimum Gasteiger partial charge on any atom is -0.494 e. The lowest BCUT2D eigenvalue weighted by Crippen LogP contribution is -2.05. The van der Waals surface area contributed by atoms with E-state index in [1.54, 1.807) is 6.08 Å². The number of rotatable bonds is 5. The van der Waals surface area contributed by atoms with E-state index in [1.165, 1.54) is 6.08 Å². The molecule has 0 radical (unpaired) electrons. The number of nitrogens with two attached hydrogens (primary N) is 1. The molecular weight excluding hydrogens is 190 g/mol. The molecule has 0 saturated heterocycles. The molecule has 1 rings (SSSR count). The summed E-state index contributed by atoms with van der Waals surface area (Å²) in [6.07, 6.45) is 4.00. The highest BCUT2D eigenvalue weighted by Crippen LogP contribution is 2.13. The average molecular weight is 205 g/mol. The summed E-state index contributed by atoms with van der Waals surface area (Å²) in [5.74, 6) is 0.398. The van der Waals surface area contributed by atoms with Crippen molar-refractivity contribution < 1.29 is 9.53 Å². The van der Waals surface area contributed by atoms with Crippen molar-refractivity contribution >= 4 is 12.0 Å². The lowest BCUT2D eigenvalue weighted by molar-refractivity contribution is -0.113. The molecule has 1 amide bonds. The normalized spacial score (nSPS) is 10.5. The maximum Gasteiger partial charge on any atom is 0.241 e. The van der Waals surface area contributed by atoms with Gasteiger partial charge in [-0.05, 0) is 30.2 Å². The zero-order valence-electron chi connectivity index (χ0n) is 8.77. The summed E-state index contributed by atoms with van der Waals surface area (Å²) in [5, 5.41) is 0. The SMILES string of the molecule is CCCOc1ccc(C=CC(N)=O)cc1. The van der Waals surface area contributed by atoms with Crippen LogP contribution in [0.4, 0.5) is 0 Å². The van der Waals surface area contributed by atoms with Crippen LogP contribution in [-0.4, -0.2) is 12.5 Å². The molecule has 1 aromatic rings. The third kappa shape index (κ3) is 4.31. The molecule has 15 heavy (non-hydrogen) atoms. The number of amides is 1. The van der Waals surface area contributed by atoms with E-state index in [1.807, 2.05) is 24.3 Å². The van der Waals surface area contributed by atoms with E-state index < -0.39 is 5.91 Å².